The summed E-state index contributed by atoms with van der Waals surface area (Å²) in [6.07, 6.45) is 0.475. The van der Waals surface area contributed by atoms with Gasteiger partial charge in [0.05, 0.1) is 0 Å². The van der Waals surface area contributed by atoms with Gasteiger partial charge < -0.3 is 0 Å². The maximum Gasteiger partial charge on any atom is 0.309 e. The molecule has 1 aromatic rings. The topological polar surface area (TPSA) is 25.8 Å². The highest BCUT2D eigenvalue weighted by Crippen LogP contribution is 2.00. The molecule has 8 heavy (non-hydrogen) atoms. The molecule has 41 valence electrons. The van der Waals surface area contributed by atoms with Crippen LogP contribution in [0.25, 0.3) is 0 Å². The Hall–Kier alpha value is -0.510. The van der Waals surface area contributed by atoms with E-state index in [2.05, 4.69) is 32.0 Å². The molecule has 0 bridgehead atoms. The summed E-state index contributed by atoms with van der Waals surface area (Å²) in [7, 11) is 0. The average Bonchev–Trinajstić information content (AvgIpc) is 1.64. The van der Waals surface area contributed by atoms with Crippen LogP contribution >= 0.6 is 15.9 Å². The summed E-state index contributed by atoms with van der Waals surface area (Å²) in [6, 6.07) is 2.53. The average molecular weight is 176 g/mol. The molecule has 0 aromatic carbocycles. The number of hydrogen-bond acceptors (Lipinski definition) is 2. The fourth-order valence-corrected chi connectivity index (χ4v) is 0.530. The molecular formula is C4HBrFN2. The van der Waals surface area contributed by atoms with Crippen molar-refractivity contribution in [3.05, 3.63) is 22.9 Å². The minimum Gasteiger partial charge on any atom is -0.210 e. The van der Waals surface area contributed by atoms with Crippen molar-refractivity contribution in [3.8, 4) is 0 Å². The van der Waals surface area contributed by atoms with Gasteiger partial charge in [0.2, 0.25) is 0 Å². The zero-order valence-electron chi connectivity index (χ0n) is 3.73. The van der Waals surface area contributed by atoms with Gasteiger partial charge >= 0.3 is 6.08 Å². The predicted octanol–water partition coefficient (Wildman–Crippen LogP) is 1.18. The van der Waals surface area contributed by atoms with Crippen LogP contribution in [0.1, 0.15) is 0 Å². The molecule has 1 aromatic heterocycles. The Kier molecular flexibility index (Phi) is 1.53. The highest BCUT2D eigenvalue weighted by atomic mass is 79.9. The van der Waals surface area contributed by atoms with Crippen LogP contribution in [0.4, 0.5) is 4.39 Å². The molecule has 0 spiro atoms. The van der Waals surface area contributed by atoms with Gasteiger partial charge in [-0.05, 0) is 15.9 Å². The second-order valence-corrected chi connectivity index (χ2v) is 1.83. The summed E-state index contributed by atoms with van der Waals surface area (Å²) < 4.78 is 12.2. The van der Waals surface area contributed by atoms with Crippen LogP contribution in [0.5, 0.6) is 0 Å². The molecule has 0 aliphatic carbocycles. The Bertz CT molecular complexity index is 174. The zero-order chi connectivity index (χ0) is 5.98. The van der Waals surface area contributed by atoms with Crippen molar-refractivity contribution in [1.82, 2.24) is 9.97 Å². The molecule has 1 heterocycles. The summed E-state index contributed by atoms with van der Waals surface area (Å²) in [5, 5.41) is 0. The number of aromatic nitrogens is 2. The molecule has 0 aliphatic heterocycles. The molecular weight excluding hydrogens is 175 g/mol. The maximum atomic E-state index is 11.9. The molecule has 0 atom stereocenters. The van der Waals surface area contributed by atoms with E-state index in [0.717, 1.165) is 0 Å². The van der Waals surface area contributed by atoms with Crippen molar-refractivity contribution in [2.75, 3.05) is 0 Å². The van der Waals surface area contributed by atoms with Gasteiger partial charge in [-0.1, -0.05) is 0 Å². The largest absolute Gasteiger partial charge is 0.309 e. The Morgan fingerprint density at radius 1 is 1.75 bits per heavy atom. The molecule has 1 rings (SSSR count). The van der Waals surface area contributed by atoms with E-state index in [0.29, 0.717) is 4.60 Å². The van der Waals surface area contributed by atoms with Crippen molar-refractivity contribution >= 4 is 15.9 Å². The van der Waals surface area contributed by atoms with E-state index >= 15 is 0 Å². The highest BCUT2D eigenvalue weighted by Gasteiger charge is 1.90. The molecule has 0 aliphatic rings. The van der Waals surface area contributed by atoms with Gasteiger partial charge in [0.15, 0.2) is 0 Å². The third kappa shape index (κ3) is 1.23. The van der Waals surface area contributed by atoms with Crippen LogP contribution < -0.4 is 0 Å². The molecule has 0 amide bonds. The highest BCUT2D eigenvalue weighted by molar-refractivity contribution is 9.10. The lowest BCUT2D eigenvalue weighted by molar-refractivity contribution is 0.535. The zero-order valence-corrected chi connectivity index (χ0v) is 5.31. The molecule has 4 heteroatoms. The minimum absolute atomic E-state index is 0.338. The van der Waals surface area contributed by atoms with E-state index in [9.17, 15) is 4.39 Å². The first-order chi connectivity index (χ1) is 3.79. The smallest absolute Gasteiger partial charge is 0.210 e. The first-order valence-electron chi connectivity index (χ1n) is 1.85. The molecule has 0 saturated carbocycles. The van der Waals surface area contributed by atoms with Crippen molar-refractivity contribution in [2.24, 2.45) is 0 Å². The minimum atomic E-state index is -0.740. The summed E-state index contributed by atoms with van der Waals surface area (Å²) in [5.41, 5.74) is 0. The van der Waals surface area contributed by atoms with Gasteiger partial charge in [-0.15, -0.1) is 0 Å². The van der Waals surface area contributed by atoms with Crippen LogP contribution in [0.3, 0.4) is 0 Å². The lowest BCUT2D eigenvalue weighted by atomic mass is 10.7. The number of halogens is 2. The first-order valence-corrected chi connectivity index (χ1v) is 2.64. The van der Waals surface area contributed by atoms with Gasteiger partial charge in [0.25, 0.3) is 0 Å². The molecule has 0 saturated heterocycles. The summed E-state index contributed by atoms with van der Waals surface area (Å²) in [5.74, 6) is 0. The fourth-order valence-electron chi connectivity index (χ4n) is 0.281. The normalized spacial score (nSPS) is 9.25. The standard InChI is InChI=1S/C4HBrFN2/c5-3-1-2-7-4(6)8-3/h2H. The Morgan fingerprint density at radius 3 is 2.88 bits per heavy atom. The number of rotatable bonds is 0. The van der Waals surface area contributed by atoms with Crippen molar-refractivity contribution < 1.29 is 4.39 Å². The summed E-state index contributed by atoms with van der Waals surface area (Å²) in [6.45, 7) is 0. The SMILES string of the molecule is Fc1nc[c]c(Br)n1. The predicted molar refractivity (Wildman–Crippen MR) is 28.5 cm³/mol. The molecule has 0 fully saturated rings. The second-order valence-electron chi connectivity index (χ2n) is 1.07. The van der Waals surface area contributed by atoms with Crippen LogP contribution in [-0.4, -0.2) is 9.97 Å². The Morgan fingerprint density at radius 2 is 2.50 bits per heavy atom. The van der Waals surface area contributed by atoms with E-state index in [4.69, 9.17) is 0 Å². The van der Waals surface area contributed by atoms with Crippen molar-refractivity contribution in [2.45, 2.75) is 0 Å². The van der Waals surface area contributed by atoms with Crippen LogP contribution in [0, 0.1) is 12.1 Å². The van der Waals surface area contributed by atoms with Gasteiger partial charge in [0, 0.05) is 12.3 Å². The second kappa shape index (κ2) is 2.17. The van der Waals surface area contributed by atoms with E-state index in [-0.39, 0.29) is 0 Å². The van der Waals surface area contributed by atoms with Crippen LogP contribution in [0.2, 0.25) is 0 Å². The lowest BCUT2D eigenvalue weighted by Gasteiger charge is -1.83. The Balaban J connectivity index is 3.08. The molecule has 2 nitrogen and oxygen atoms in total. The maximum absolute atomic E-state index is 11.9. The molecule has 1 radical (unpaired) electrons. The molecule has 0 N–H and O–H groups in total. The summed E-state index contributed by atoms with van der Waals surface area (Å²) >= 11 is 2.92. The fraction of sp³-hybridized carbons (Fsp3) is 0. The monoisotopic (exact) mass is 175 g/mol. The Labute approximate surface area is 53.9 Å². The number of nitrogens with zero attached hydrogens (tertiary/aromatic N) is 2. The number of hydrogen-bond donors (Lipinski definition) is 0. The summed E-state index contributed by atoms with van der Waals surface area (Å²) in [4.78, 5) is 6.43. The lowest BCUT2D eigenvalue weighted by Crippen LogP contribution is -1.85. The van der Waals surface area contributed by atoms with Gasteiger partial charge in [-0.3, -0.25) is 0 Å². The first kappa shape index (κ1) is 5.62. The van der Waals surface area contributed by atoms with Crippen LogP contribution in [0.15, 0.2) is 10.8 Å². The van der Waals surface area contributed by atoms with Gasteiger partial charge in [-0.25, -0.2) is 4.98 Å². The van der Waals surface area contributed by atoms with E-state index in [1.165, 1.54) is 6.20 Å². The van der Waals surface area contributed by atoms with E-state index in [1.54, 1.807) is 0 Å². The quantitative estimate of drug-likeness (QED) is 0.438. The van der Waals surface area contributed by atoms with Crippen LogP contribution in [-0.2, 0) is 0 Å². The van der Waals surface area contributed by atoms with E-state index in [1.807, 2.05) is 0 Å². The third-order valence-corrected chi connectivity index (χ3v) is 0.951. The van der Waals surface area contributed by atoms with E-state index < -0.39 is 6.08 Å². The van der Waals surface area contributed by atoms with Crippen molar-refractivity contribution in [1.29, 1.82) is 0 Å². The van der Waals surface area contributed by atoms with Gasteiger partial charge in [0.1, 0.15) is 4.60 Å². The molecule has 0 unspecified atom stereocenters. The third-order valence-electron chi connectivity index (χ3n) is 0.545. The van der Waals surface area contributed by atoms with Gasteiger partial charge in [-0.2, -0.15) is 9.37 Å². The van der Waals surface area contributed by atoms with Crippen molar-refractivity contribution in [3.63, 3.8) is 0 Å².